The molecule has 4 nitrogen and oxygen atoms in total. The zero-order valence-corrected chi connectivity index (χ0v) is 7.28. The topological polar surface area (TPSA) is 72.5 Å². The van der Waals surface area contributed by atoms with Gasteiger partial charge in [0, 0.05) is 6.42 Å². The van der Waals surface area contributed by atoms with Crippen LogP contribution in [0.3, 0.4) is 0 Å². The standard InChI is InChI=1S/C9H11NO3/c1-2-8(12)13-9-6(10)4-3-5-7(9)11/h3-5,11H,2,10H2,1H3. The third-order valence-electron chi connectivity index (χ3n) is 1.53. The van der Waals surface area contributed by atoms with Crippen molar-refractivity contribution in [3.05, 3.63) is 18.2 Å². The van der Waals surface area contributed by atoms with Gasteiger partial charge in [-0.3, -0.25) is 4.79 Å². The molecule has 0 aromatic heterocycles. The summed E-state index contributed by atoms with van der Waals surface area (Å²) in [5.74, 6) is -0.510. The lowest BCUT2D eigenvalue weighted by Gasteiger charge is -2.07. The number of anilines is 1. The number of hydrogen-bond acceptors (Lipinski definition) is 4. The first-order valence-corrected chi connectivity index (χ1v) is 3.93. The Balaban J connectivity index is 2.93. The average molecular weight is 181 g/mol. The summed E-state index contributed by atoms with van der Waals surface area (Å²) >= 11 is 0. The number of hydrogen-bond donors (Lipinski definition) is 2. The number of carbonyl (C=O) groups is 1. The van der Waals surface area contributed by atoms with Crippen molar-refractivity contribution in [1.29, 1.82) is 0 Å². The van der Waals surface area contributed by atoms with Crippen LogP contribution in [0, 0.1) is 0 Å². The van der Waals surface area contributed by atoms with E-state index in [9.17, 15) is 9.90 Å². The molecule has 0 radical (unpaired) electrons. The lowest BCUT2D eigenvalue weighted by atomic mass is 10.3. The van der Waals surface area contributed by atoms with E-state index in [1.165, 1.54) is 6.07 Å². The molecule has 0 aliphatic rings. The molecule has 1 aromatic rings. The molecular weight excluding hydrogens is 170 g/mol. The lowest BCUT2D eigenvalue weighted by molar-refractivity contribution is -0.134. The molecule has 0 saturated heterocycles. The number of aromatic hydroxyl groups is 1. The van der Waals surface area contributed by atoms with Crippen molar-refractivity contribution in [2.45, 2.75) is 13.3 Å². The predicted octanol–water partition coefficient (Wildman–Crippen LogP) is 1.29. The van der Waals surface area contributed by atoms with Gasteiger partial charge in [-0.15, -0.1) is 0 Å². The smallest absolute Gasteiger partial charge is 0.311 e. The molecule has 0 amide bonds. The van der Waals surface area contributed by atoms with Gasteiger partial charge in [0.15, 0.2) is 11.5 Å². The first-order chi connectivity index (χ1) is 6.15. The minimum absolute atomic E-state index is 0.0364. The van der Waals surface area contributed by atoms with Crippen molar-refractivity contribution in [1.82, 2.24) is 0 Å². The summed E-state index contributed by atoms with van der Waals surface area (Å²) in [6, 6.07) is 4.54. The second-order valence-electron chi connectivity index (χ2n) is 2.52. The molecule has 3 N–H and O–H groups in total. The van der Waals surface area contributed by atoms with E-state index in [0.717, 1.165) is 0 Å². The molecule has 4 heteroatoms. The fraction of sp³-hybridized carbons (Fsp3) is 0.222. The predicted molar refractivity (Wildman–Crippen MR) is 48.4 cm³/mol. The highest BCUT2D eigenvalue weighted by Crippen LogP contribution is 2.31. The number of benzene rings is 1. The van der Waals surface area contributed by atoms with Crippen LogP contribution in [0.15, 0.2) is 18.2 Å². The number of phenolic OH excluding ortho intramolecular Hbond substituents is 1. The van der Waals surface area contributed by atoms with Gasteiger partial charge in [-0.25, -0.2) is 0 Å². The number of carbonyl (C=O) groups excluding carboxylic acids is 1. The second kappa shape index (κ2) is 3.80. The Morgan fingerprint density at radius 2 is 2.31 bits per heavy atom. The van der Waals surface area contributed by atoms with Crippen LogP contribution in [0.2, 0.25) is 0 Å². The maximum Gasteiger partial charge on any atom is 0.311 e. The maximum atomic E-state index is 10.9. The molecule has 0 heterocycles. The molecule has 1 rings (SSSR count). The van der Waals surface area contributed by atoms with Crippen molar-refractivity contribution >= 4 is 11.7 Å². The van der Waals surface area contributed by atoms with Gasteiger partial charge < -0.3 is 15.6 Å². The summed E-state index contributed by atoms with van der Waals surface area (Å²) in [5.41, 5.74) is 5.74. The zero-order valence-electron chi connectivity index (χ0n) is 7.28. The number of para-hydroxylation sites is 1. The summed E-state index contributed by atoms with van der Waals surface area (Å²) in [4.78, 5) is 10.9. The SMILES string of the molecule is CCC(=O)Oc1c(N)cccc1O. The number of rotatable bonds is 2. The minimum Gasteiger partial charge on any atom is -0.504 e. The fourth-order valence-corrected chi connectivity index (χ4v) is 0.839. The number of phenols is 1. The quantitative estimate of drug-likeness (QED) is 0.409. The van der Waals surface area contributed by atoms with Crippen LogP contribution in [-0.4, -0.2) is 11.1 Å². The first kappa shape index (κ1) is 9.38. The van der Waals surface area contributed by atoms with Crippen molar-refractivity contribution in [3.8, 4) is 11.5 Å². The molecule has 0 unspecified atom stereocenters. The van der Waals surface area contributed by atoms with Crippen LogP contribution in [0.25, 0.3) is 0 Å². The van der Waals surface area contributed by atoms with Gasteiger partial charge in [-0.1, -0.05) is 13.0 Å². The third-order valence-corrected chi connectivity index (χ3v) is 1.53. The van der Waals surface area contributed by atoms with Crippen molar-refractivity contribution in [2.75, 3.05) is 5.73 Å². The molecular formula is C9H11NO3. The molecule has 0 atom stereocenters. The number of ether oxygens (including phenoxy) is 1. The van der Waals surface area contributed by atoms with Crippen LogP contribution in [0.4, 0.5) is 5.69 Å². The van der Waals surface area contributed by atoms with Gasteiger partial charge in [0.2, 0.25) is 0 Å². The highest BCUT2D eigenvalue weighted by molar-refractivity contribution is 5.75. The second-order valence-corrected chi connectivity index (χ2v) is 2.52. The van der Waals surface area contributed by atoms with Crippen molar-refractivity contribution in [2.24, 2.45) is 0 Å². The number of esters is 1. The van der Waals surface area contributed by atoms with E-state index in [1.54, 1.807) is 19.1 Å². The van der Waals surface area contributed by atoms with Gasteiger partial charge in [0.25, 0.3) is 0 Å². The van der Waals surface area contributed by atoms with Gasteiger partial charge in [-0.2, -0.15) is 0 Å². The van der Waals surface area contributed by atoms with E-state index in [1.807, 2.05) is 0 Å². The summed E-state index contributed by atoms with van der Waals surface area (Å²) in [7, 11) is 0. The summed E-state index contributed by atoms with van der Waals surface area (Å²) in [5, 5.41) is 9.28. The Labute approximate surface area is 75.9 Å². The Kier molecular flexibility index (Phi) is 2.74. The summed E-state index contributed by atoms with van der Waals surface area (Å²) < 4.78 is 4.81. The van der Waals surface area contributed by atoms with Gasteiger partial charge in [0.1, 0.15) is 0 Å². The first-order valence-electron chi connectivity index (χ1n) is 3.93. The van der Waals surface area contributed by atoms with Gasteiger partial charge in [0.05, 0.1) is 5.69 Å². The van der Waals surface area contributed by atoms with Crippen LogP contribution in [-0.2, 0) is 4.79 Å². The highest BCUT2D eigenvalue weighted by Gasteiger charge is 2.09. The number of nitrogen functional groups attached to an aromatic ring is 1. The van der Waals surface area contributed by atoms with E-state index in [2.05, 4.69) is 0 Å². The molecule has 0 fully saturated rings. The van der Waals surface area contributed by atoms with Crippen LogP contribution in [0.1, 0.15) is 13.3 Å². The van der Waals surface area contributed by atoms with Crippen LogP contribution >= 0.6 is 0 Å². The Morgan fingerprint density at radius 3 is 2.85 bits per heavy atom. The van der Waals surface area contributed by atoms with E-state index in [-0.39, 0.29) is 23.6 Å². The van der Waals surface area contributed by atoms with E-state index >= 15 is 0 Å². The van der Waals surface area contributed by atoms with E-state index in [0.29, 0.717) is 0 Å². The molecule has 0 bridgehead atoms. The monoisotopic (exact) mass is 181 g/mol. The normalized spacial score (nSPS) is 9.62. The average Bonchev–Trinajstić information content (AvgIpc) is 2.11. The number of nitrogens with two attached hydrogens (primary N) is 1. The fourth-order valence-electron chi connectivity index (χ4n) is 0.839. The molecule has 0 aliphatic heterocycles. The van der Waals surface area contributed by atoms with Crippen molar-refractivity contribution in [3.63, 3.8) is 0 Å². The van der Waals surface area contributed by atoms with Gasteiger partial charge >= 0.3 is 5.97 Å². The van der Waals surface area contributed by atoms with Crippen molar-refractivity contribution < 1.29 is 14.6 Å². The Morgan fingerprint density at radius 1 is 1.62 bits per heavy atom. The Hall–Kier alpha value is -1.71. The third kappa shape index (κ3) is 2.11. The minimum atomic E-state index is -0.423. The van der Waals surface area contributed by atoms with Crippen LogP contribution < -0.4 is 10.5 Å². The molecule has 13 heavy (non-hydrogen) atoms. The summed E-state index contributed by atoms with van der Waals surface area (Å²) in [6.07, 6.45) is 0.244. The van der Waals surface area contributed by atoms with Gasteiger partial charge in [-0.05, 0) is 12.1 Å². The molecule has 0 saturated carbocycles. The van der Waals surface area contributed by atoms with E-state index in [4.69, 9.17) is 10.5 Å². The molecule has 0 aliphatic carbocycles. The zero-order chi connectivity index (χ0) is 9.84. The Bertz CT molecular complexity index is 302. The maximum absolute atomic E-state index is 10.9. The highest BCUT2D eigenvalue weighted by atomic mass is 16.5. The molecule has 1 aromatic carbocycles. The molecule has 0 spiro atoms. The molecule has 70 valence electrons. The summed E-state index contributed by atoms with van der Waals surface area (Å²) in [6.45, 7) is 1.67. The lowest BCUT2D eigenvalue weighted by Crippen LogP contribution is -2.07. The van der Waals surface area contributed by atoms with E-state index < -0.39 is 5.97 Å². The van der Waals surface area contributed by atoms with Crippen LogP contribution in [0.5, 0.6) is 11.5 Å². The largest absolute Gasteiger partial charge is 0.504 e.